The topological polar surface area (TPSA) is 71.1 Å². The Morgan fingerprint density at radius 2 is 1.81 bits per heavy atom. The van der Waals surface area contributed by atoms with E-state index in [-0.39, 0.29) is 6.61 Å². The Labute approximate surface area is 95.2 Å². The Morgan fingerprint density at radius 1 is 1.25 bits per heavy atom. The summed E-state index contributed by atoms with van der Waals surface area (Å²) >= 11 is 0. The van der Waals surface area contributed by atoms with Gasteiger partial charge in [0.1, 0.15) is 6.10 Å². The van der Waals surface area contributed by atoms with E-state index in [1.165, 1.54) is 21.0 Å². The van der Waals surface area contributed by atoms with Gasteiger partial charge in [-0.25, -0.2) is 0 Å². The minimum Gasteiger partial charge on any atom is -0.458 e. The van der Waals surface area contributed by atoms with Gasteiger partial charge >= 0.3 is 11.9 Å². The summed E-state index contributed by atoms with van der Waals surface area (Å²) in [7, 11) is 1.39. The second kappa shape index (κ2) is 5.81. The van der Waals surface area contributed by atoms with Crippen LogP contribution in [0.2, 0.25) is 0 Å². The molecule has 92 valence electrons. The van der Waals surface area contributed by atoms with Gasteiger partial charge in [-0.05, 0) is 0 Å². The highest BCUT2D eigenvalue weighted by Crippen LogP contribution is 2.20. The smallest absolute Gasteiger partial charge is 0.303 e. The van der Waals surface area contributed by atoms with Crippen molar-refractivity contribution in [2.45, 2.75) is 38.7 Å². The van der Waals surface area contributed by atoms with Crippen molar-refractivity contribution in [3.8, 4) is 0 Å². The highest BCUT2D eigenvalue weighted by molar-refractivity contribution is 5.67. The lowest BCUT2D eigenvalue weighted by molar-refractivity contribution is -0.224. The lowest BCUT2D eigenvalue weighted by Crippen LogP contribution is -2.46. The molecule has 1 saturated heterocycles. The normalized spacial score (nSPS) is 35.1. The van der Waals surface area contributed by atoms with Crippen LogP contribution in [0.4, 0.5) is 0 Å². The van der Waals surface area contributed by atoms with Gasteiger partial charge in [0.2, 0.25) is 0 Å². The van der Waals surface area contributed by atoms with Crippen LogP contribution in [0.5, 0.6) is 0 Å². The average Bonchev–Trinajstić information content (AvgIpc) is 2.22. The summed E-state index contributed by atoms with van der Waals surface area (Å²) in [6.07, 6.45) is -3.41. The first-order valence-corrected chi connectivity index (χ1v) is 4.86. The molecule has 0 aromatic carbocycles. The third-order valence-electron chi connectivity index (χ3n) is 1.99. The Hall–Kier alpha value is -1.14. The lowest BCUT2D eigenvalue weighted by atomic mass is 10.1. The molecule has 1 rings (SSSR count). The van der Waals surface area contributed by atoms with Crippen molar-refractivity contribution in [1.82, 2.24) is 0 Å². The Kier molecular flexibility index (Phi) is 4.12. The summed E-state index contributed by atoms with van der Waals surface area (Å²) in [6.45, 7) is 2.51. The molecule has 16 heavy (non-hydrogen) atoms. The molecule has 0 amide bonds. The minimum absolute atomic E-state index is 0.0331. The van der Waals surface area contributed by atoms with E-state index in [2.05, 4.69) is 0 Å². The van der Waals surface area contributed by atoms with E-state index in [0.29, 0.717) is 0 Å². The third-order valence-corrected chi connectivity index (χ3v) is 1.99. The van der Waals surface area contributed by atoms with Gasteiger partial charge in [-0.2, -0.15) is 0 Å². The molecule has 4 atom stereocenters. The largest absolute Gasteiger partial charge is 0.458 e. The van der Waals surface area contributed by atoms with E-state index in [4.69, 9.17) is 20.3 Å². The standard InChI is InChI=1S/C10H16O6/c1-6(11)15-8-4-10(13-3)14-5-9(8)16-7(2)12/h8-10H,4-5H2,1-3H3/t8-,9-,10-/m0/s1/i4D/t4-,8-,9-,10-. The van der Waals surface area contributed by atoms with Gasteiger partial charge in [-0.3, -0.25) is 9.59 Å². The van der Waals surface area contributed by atoms with Gasteiger partial charge in [0.25, 0.3) is 0 Å². The summed E-state index contributed by atoms with van der Waals surface area (Å²) < 4.78 is 27.9. The molecular formula is C10H16O6. The monoisotopic (exact) mass is 233 g/mol. The molecule has 0 aliphatic carbocycles. The molecule has 0 N–H and O–H groups in total. The minimum atomic E-state index is -0.956. The Bertz CT molecular complexity index is 295. The fraction of sp³-hybridized carbons (Fsp3) is 0.800. The highest BCUT2D eigenvalue weighted by atomic mass is 16.7. The van der Waals surface area contributed by atoms with E-state index < -0.39 is 36.8 Å². The summed E-state index contributed by atoms with van der Waals surface area (Å²) in [5, 5.41) is 0. The number of methoxy groups -OCH3 is 1. The van der Waals surface area contributed by atoms with Crippen molar-refractivity contribution in [1.29, 1.82) is 0 Å². The maximum Gasteiger partial charge on any atom is 0.303 e. The van der Waals surface area contributed by atoms with Crippen LogP contribution in [0, 0.1) is 0 Å². The van der Waals surface area contributed by atoms with E-state index in [1.54, 1.807) is 0 Å². The van der Waals surface area contributed by atoms with Crippen molar-refractivity contribution in [3.63, 3.8) is 0 Å². The number of hydrogen-bond donors (Lipinski definition) is 0. The molecule has 0 unspecified atom stereocenters. The lowest BCUT2D eigenvalue weighted by Gasteiger charge is -2.33. The first-order chi connectivity index (χ1) is 7.95. The van der Waals surface area contributed by atoms with Crippen LogP contribution in [0.1, 0.15) is 21.6 Å². The van der Waals surface area contributed by atoms with Crippen molar-refractivity contribution >= 4 is 11.9 Å². The number of carbonyl (C=O) groups excluding carboxylic acids is 2. The van der Waals surface area contributed by atoms with Gasteiger partial charge in [0.15, 0.2) is 12.4 Å². The van der Waals surface area contributed by atoms with E-state index in [1.807, 2.05) is 0 Å². The number of hydrogen-bond acceptors (Lipinski definition) is 6. The van der Waals surface area contributed by atoms with Crippen LogP contribution < -0.4 is 0 Å². The van der Waals surface area contributed by atoms with Crippen molar-refractivity contribution in [3.05, 3.63) is 0 Å². The SMILES string of the molecule is [2H][C@@H]1[C@@H](OC)OC[C@H](OC(C)=O)[C@H]1OC(C)=O. The molecule has 0 aromatic rings. The quantitative estimate of drug-likeness (QED) is 0.650. The second-order valence-corrected chi connectivity index (χ2v) is 3.35. The van der Waals surface area contributed by atoms with Gasteiger partial charge in [-0.15, -0.1) is 0 Å². The maximum absolute atomic E-state index is 11.0. The number of rotatable bonds is 3. The predicted octanol–water partition coefficient (Wildman–Crippen LogP) is 0.243. The summed E-state index contributed by atoms with van der Waals surface area (Å²) in [4.78, 5) is 21.8. The molecule has 0 aromatic heterocycles. The van der Waals surface area contributed by atoms with Crippen LogP contribution in [0.15, 0.2) is 0 Å². The van der Waals surface area contributed by atoms with E-state index in [0.717, 1.165) is 0 Å². The molecule has 1 fully saturated rings. The van der Waals surface area contributed by atoms with Crippen LogP contribution in [0.25, 0.3) is 0 Å². The van der Waals surface area contributed by atoms with Crippen molar-refractivity contribution in [2.24, 2.45) is 0 Å². The first-order valence-electron chi connectivity index (χ1n) is 5.44. The van der Waals surface area contributed by atoms with Gasteiger partial charge in [0, 0.05) is 28.7 Å². The number of esters is 2. The van der Waals surface area contributed by atoms with E-state index in [9.17, 15) is 9.59 Å². The van der Waals surface area contributed by atoms with Crippen molar-refractivity contribution in [2.75, 3.05) is 13.7 Å². The van der Waals surface area contributed by atoms with Crippen LogP contribution in [0.3, 0.4) is 0 Å². The maximum atomic E-state index is 11.0. The first kappa shape index (κ1) is 11.3. The fourth-order valence-electron chi connectivity index (χ4n) is 1.39. The van der Waals surface area contributed by atoms with Crippen LogP contribution in [-0.4, -0.2) is 44.2 Å². The molecule has 0 saturated carbocycles. The molecule has 1 aliphatic heterocycles. The van der Waals surface area contributed by atoms with E-state index >= 15 is 0 Å². The number of carbonyl (C=O) groups is 2. The van der Waals surface area contributed by atoms with Crippen molar-refractivity contribution < 1.29 is 29.9 Å². The second-order valence-electron chi connectivity index (χ2n) is 3.35. The summed E-state index contributed by atoms with van der Waals surface area (Å²) in [5.41, 5.74) is 0. The van der Waals surface area contributed by atoms with Gasteiger partial charge in [-0.1, -0.05) is 0 Å². The fourth-order valence-corrected chi connectivity index (χ4v) is 1.39. The summed E-state index contributed by atoms with van der Waals surface area (Å²) in [5.74, 6) is -1.06. The van der Waals surface area contributed by atoms with Crippen LogP contribution in [-0.2, 0) is 28.5 Å². The Balaban J connectivity index is 2.75. The predicted molar refractivity (Wildman–Crippen MR) is 52.5 cm³/mol. The zero-order valence-corrected chi connectivity index (χ0v) is 9.47. The molecular weight excluding hydrogens is 216 g/mol. The Morgan fingerprint density at radius 3 is 2.31 bits per heavy atom. The van der Waals surface area contributed by atoms with Gasteiger partial charge < -0.3 is 18.9 Å². The zero-order chi connectivity index (χ0) is 13.0. The average molecular weight is 233 g/mol. The van der Waals surface area contributed by atoms with Gasteiger partial charge in [0.05, 0.1) is 6.61 Å². The summed E-state index contributed by atoms with van der Waals surface area (Å²) in [6, 6.07) is 0. The third kappa shape index (κ3) is 3.79. The highest BCUT2D eigenvalue weighted by Gasteiger charge is 2.35. The molecule has 0 radical (unpaired) electrons. The molecule has 1 heterocycles. The zero-order valence-electron chi connectivity index (χ0n) is 10.5. The molecule has 0 spiro atoms. The number of ether oxygens (including phenoxy) is 4. The molecule has 6 heteroatoms. The molecule has 0 bridgehead atoms. The molecule has 1 aliphatic rings. The van der Waals surface area contributed by atoms with Crippen LogP contribution >= 0.6 is 0 Å². The molecule has 6 nitrogen and oxygen atoms in total.